The Bertz CT molecular complexity index is 382. The van der Waals surface area contributed by atoms with Crippen LogP contribution < -0.4 is 5.43 Å². The Morgan fingerprint density at radius 3 is 2.67 bits per heavy atom. The molecule has 0 aliphatic carbocycles. The largest absolute Gasteiger partial charge is 0.271 e. The number of nitrogens with zero attached hydrogens (tertiary/aromatic N) is 1. The standard InChI is InChI=1S/C11H11ClN2O/c1-2-3-8-13-14-11(15)9-4-6-10(12)7-5-9/h2-8H,1H3,(H,14,15). The van der Waals surface area contributed by atoms with Gasteiger partial charge in [-0.2, -0.15) is 5.10 Å². The van der Waals surface area contributed by atoms with Crippen LogP contribution in [0.25, 0.3) is 0 Å². The van der Waals surface area contributed by atoms with Gasteiger partial charge in [-0.25, -0.2) is 5.43 Å². The van der Waals surface area contributed by atoms with Crippen LogP contribution >= 0.6 is 11.6 Å². The van der Waals surface area contributed by atoms with Crippen molar-refractivity contribution >= 4 is 23.7 Å². The van der Waals surface area contributed by atoms with Crippen LogP contribution in [0.4, 0.5) is 0 Å². The Morgan fingerprint density at radius 2 is 2.07 bits per heavy atom. The van der Waals surface area contributed by atoms with Crippen molar-refractivity contribution in [2.45, 2.75) is 6.92 Å². The molecule has 0 spiro atoms. The van der Waals surface area contributed by atoms with Gasteiger partial charge in [-0.3, -0.25) is 4.79 Å². The zero-order valence-electron chi connectivity index (χ0n) is 8.27. The van der Waals surface area contributed by atoms with E-state index >= 15 is 0 Å². The summed E-state index contributed by atoms with van der Waals surface area (Å²) in [5, 5.41) is 4.32. The number of rotatable bonds is 3. The summed E-state index contributed by atoms with van der Waals surface area (Å²) in [6.45, 7) is 1.87. The van der Waals surface area contributed by atoms with E-state index in [0.717, 1.165) is 0 Å². The Balaban J connectivity index is 2.58. The highest BCUT2D eigenvalue weighted by molar-refractivity contribution is 6.30. The molecule has 0 aromatic heterocycles. The average molecular weight is 223 g/mol. The molecule has 0 radical (unpaired) electrons. The monoisotopic (exact) mass is 222 g/mol. The first kappa shape index (κ1) is 11.5. The topological polar surface area (TPSA) is 41.5 Å². The average Bonchev–Trinajstić information content (AvgIpc) is 2.25. The number of hydrogen-bond acceptors (Lipinski definition) is 2. The van der Waals surface area contributed by atoms with E-state index in [2.05, 4.69) is 10.5 Å². The molecule has 0 unspecified atom stereocenters. The lowest BCUT2D eigenvalue weighted by molar-refractivity contribution is 0.0955. The molecule has 1 amide bonds. The normalized spacial score (nSPS) is 11.1. The van der Waals surface area contributed by atoms with Crippen LogP contribution in [0.2, 0.25) is 5.02 Å². The summed E-state index contributed by atoms with van der Waals surface area (Å²) in [7, 11) is 0. The molecular weight excluding hydrogens is 212 g/mol. The van der Waals surface area contributed by atoms with Gasteiger partial charge >= 0.3 is 0 Å². The molecule has 1 rings (SSSR count). The van der Waals surface area contributed by atoms with E-state index in [1.54, 1.807) is 30.3 Å². The van der Waals surface area contributed by atoms with E-state index < -0.39 is 0 Å². The van der Waals surface area contributed by atoms with E-state index in [-0.39, 0.29) is 5.91 Å². The third-order valence-corrected chi connectivity index (χ3v) is 1.88. The summed E-state index contributed by atoms with van der Waals surface area (Å²) in [6.07, 6.45) is 5.05. The molecule has 0 heterocycles. The van der Waals surface area contributed by atoms with Crippen molar-refractivity contribution in [3.05, 3.63) is 47.0 Å². The highest BCUT2D eigenvalue weighted by Gasteiger charge is 2.02. The molecule has 0 aliphatic rings. The summed E-state index contributed by atoms with van der Waals surface area (Å²) in [4.78, 5) is 11.4. The molecule has 0 aliphatic heterocycles. The smallest absolute Gasteiger partial charge is 0.267 e. The first-order chi connectivity index (χ1) is 7.24. The number of nitrogens with one attached hydrogen (secondary N) is 1. The zero-order chi connectivity index (χ0) is 11.1. The molecule has 1 aromatic rings. The number of benzene rings is 1. The third-order valence-electron chi connectivity index (χ3n) is 1.63. The number of hydrogen-bond donors (Lipinski definition) is 1. The van der Waals surface area contributed by atoms with Crippen molar-refractivity contribution in [1.29, 1.82) is 0 Å². The van der Waals surface area contributed by atoms with Crippen molar-refractivity contribution in [3.63, 3.8) is 0 Å². The second-order valence-electron chi connectivity index (χ2n) is 2.75. The van der Waals surface area contributed by atoms with Crippen molar-refractivity contribution in [2.75, 3.05) is 0 Å². The first-order valence-electron chi connectivity index (χ1n) is 4.44. The van der Waals surface area contributed by atoms with Gasteiger partial charge in [-0.15, -0.1) is 0 Å². The van der Waals surface area contributed by atoms with Gasteiger partial charge in [0.05, 0.1) is 0 Å². The molecular formula is C11H11ClN2O. The van der Waals surface area contributed by atoms with E-state index in [0.29, 0.717) is 10.6 Å². The van der Waals surface area contributed by atoms with Crippen LogP contribution in [-0.2, 0) is 0 Å². The SMILES string of the molecule is CC=CC=NNC(=O)c1ccc(Cl)cc1. The fourth-order valence-corrected chi connectivity index (χ4v) is 1.02. The molecule has 0 fully saturated rings. The number of halogens is 1. The van der Waals surface area contributed by atoms with Crippen LogP contribution in [-0.4, -0.2) is 12.1 Å². The Morgan fingerprint density at radius 1 is 1.40 bits per heavy atom. The minimum Gasteiger partial charge on any atom is -0.267 e. The van der Waals surface area contributed by atoms with Gasteiger partial charge in [-0.05, 0) is 37.3 Å². The van der Waals surface area contributed by atoms with Gasteiger partial charge in [0.15, 0.2) is 0 Å². The maximum atomic E-state index is 11.4. The van der Waals surface area contributed by atoms with Crippen molar-refractivity contribution in [1.82, 2.24) is 5.43 Å². The van der Waals surface area contributed by atoms with Crippen molar-refractivity contribution in [3.8, 4) is 0 Å². The van der Waals surface area contributed by atoms with Gasteiger partial charge in [0.2, 0.25) is 0 Å². The maximum absolute atomic E-state index is 11.4. The predicted molar refractivity (Wildman–Crippen MR) is 62.2 cm³/mol. The van der Waals surface area contributed by atoms with Crippen molar-refractivity contribution < 1.29 is 4.79 Å². The molecule has 0 saturated heterocycles. The Hall–Kier alpha value is -1.61. The molecule has 1 N–H and O–H groups in total. The third kappa shape index (κ3) is 3.95. The molecule has 15 heavy (non-hydrogen) atoms. The first-order valence-corrected chi connectivity index (χ1v) is 4.82. The molecule has 1 aromatic carbocycles. The van der Waals surface area contributed by atoms with Crippen LogP contribution in [0.1, 0.15) is 17.3 Å². The Labute approximate surface area is 93.4 Å². The Kier molecular flexibility index (Phi) is 4.57. The van der Waals surface area contributed by atoms with Gasteiger partial charge < -0.3 is 0 Å². The second-order valence-corrected chi connectivity index (χ2v) is 3.19. The van der Waals surface area contributed by atoms with Crippen LogP contribution in [0.3, 0.4) is 0 Å². The zero-order valence-corrected chi connectivity index (χ0v) is 9.03. The number of hydrazone groups is 1. The number of carbonyl (C=O) groups excluding carboxylic acids is 1. The van der Waals surface area contributed by atoms with Gasteiger partial charge in [0, 0.05) is 16.8 Å². The fourth-order valence-electron chi connectivity index (χ4n) is 0.891. The van der Waals surface area contributed by atoms with Crippen LogP contribution in [0.5, 0.6) is 0 Å². The summed E-state index contributed by atoms with van der Waals surface area (Å²) in [5.41, 5.74) is 2.91. The lowest BCUT2D eigenvalue weighted by atomic mass is 10.2. The molecule has 4 heteroatoms. The van der Waals surface area contributed by atoms with Crippen LogP contribution in [0, 0.1) is 0 Å². The van der Waals surface area contributed by atoms with Gasteiger partial charge in [0.25, 0.3) is 5.91 Å². The lowest BCUT2D eigenvalue weighted by Crippen LogP contribution is -2.17. The van der Waals surface area contributed by atoms with Crippen molar-refractivity contribution in [2.24, 2.45) is 5.10 Å². The van der Waals surface area contributed by atoms with E-state index in [1.165, 1.54) is 6.21 Å². The maximum Gasteiger partial charge on any atom is 0.271 e. The van der Waals surface area contributed by atoms with E-state index in [4.69, 9.17) is 11.6 Å². The predicted octanol–water partition coefficient (Wildman–Crippen LogP) is 2.63. The number of amides is 1. The summed E-state index contributed by atoms with van der Waals surface area (Å²) in [6, 6.07) is 6.60. The summed E-state index contributed by atoms with van der Waals surface area (Å²) >= 11 is 5.69. The molecule has 0 atom stereocenters. The van der Waals surface area contributed by atoms with E-state index in [1.807, 2.05) is 13.0 Å². The highest BCUT2D eigenvalue weighted by Crippen LogP contribution is 2.09. The molecule has 0 bridgehead atoms. The molecule has 78 valence electrons. The summed E-state index contributed by atoms with van der Waals surface area (Å²) in [5.74, 6) is -0.257. The number of allylic oxidation sites excluding steroid dienone is 2. The number of carbonyl (C=O) groups is 1. The van der Waals surface area contributed by atoms with E-state index in [9.17, 15) is 4.79 Å². The van der Waals surface area contributed by atoms with Gasteiger partial charge in [-0.1, -0.05) is 17.7 Å². The quantitative estimate of drug-likeness (QED) is 0.620. The fraction of sp³-hybridized carbons (Fsp3) is 0.0909. The minimum absolute atomic E-state index is 0.257. The highest BCUT2D eigenvalue weighted by atomic mass is 35.5. The summed E-state index contributed by atoms with van der Waals surface area (Å²) < 4.78 is 0. The lowest BCUT2D eigenvalue weighted by Gasteiger charge is -1.98. The molecule has 0 saturated carbocycles. The second kappa shape index (κ2) is 5.98. The molecule has 3 nitrogen and oxygen atoms in total. The van der Waals surface area contributed by atoms with Crippen LogP contribution in [0.15, 0.2) is 41.5 Å². The van der Waals surface area contributed by atoms with Gasteiger partial charge in [0.1, 0.15) is 0 Å². The minimum atomic E-state index is -0.257.